The van der Waals surface area contributed by atoms with Gasteiger partial charge >= 0.3 is 6.18 Å². The third kappa shape index (κ3) is 5.36. The number of likely N-dealkylation sites (tertiary alicyclic amines) is 1. The molecule has 1 atom stereocenters. The molecule has 1 fully saturated rings. The first-order valence-electron chi connectivity index (χ1n) is 13.3. The minimum Gasteiger partial charge on any atom is -0.382 e. The highest BCUT2D eigenvalue weighted by Gasteiger charge is 2.62. The van der Waals surface area contributed by atoms with Gasteiger partial charge < -0.3 is 9.94 Å². The molecule has 4 nitrogen and oxygen atoms in total. The maximum Gasteiger partial charge on any atom is 0.435 e. The SMILES string of the molecule is OC1(c2ccc(C3=NOC(c4cc(Cl)c(F)c(Cl)c4)(C(F)(F)F)C3)cc2Br)CN(C(c2ccccc2)c2ccccc2)C1. The molecule has 11 heteroatoms. The summed E-state index contributed by atoms with van der Waals surface area (Å²) in [5.74, 6) is -1.02. The molecular weight excluding hydrogens is 671 g/mol. The topological polar surface area (TPSA) is 45.1 Å². The lowest BCUT2D eigenvalue weighted by atomic mass is 9.81. The number of aliphatic hydroxyl groups is 1. The van der Waals surface area contributed by atoms with Crippen molar-refractivity contribution in [2.75, 3.05) is 13.1 Å². The van der Waals surface area contributed by atoms with Crippen molar-refractivity contribution in [2.24, 2.45) is 5.16 Å². The molecular formula is C32H23BrCl2F4N2O2. The van der Waals surface area contributed by atoms with E-state index in [1.54, 1.807) is 18.2 Å². The third-order valence-electron chi connectivity index (χ3n) is 7.96. The molecule has 2 aliphatic heterocycles. The lowest BCUT2D eigenvalue weighted by molar-refractivity contribution is -0.275. The molecule has 0 bridgehead atoms. The molecule has 0 radical (unpaired) electrons. The van der Waals surface area contributed by atoms with Gasteiger partial charge in [0.1, 0.15) is 5.60 Å². The molecule has 6 rings (SSSR count). The van der Waals surface area contributed by atoms with Gasteiger partial charge in [0.2, 0.25) is 0 Å². The van der Waals surface area contributed by atoms with Gasteiger partial charge in [0, 0.05) is 40.7 Å². The number of oxime groups is 1. The molecule has 0 aliphatic carbocycles. The smallest absolute Gasteiger partial charge is 0.382 e. The Kier molecular flexibility index (Phi) is 7.84. The second-order valence-corrected chi connectivity index (χ2v) is 12.4. The Hall–Kier alpha value is -2.95. The van der Waals surface area contributed by atoms with Crippen molar-refractivity contribution < 1.29 is 27.5 Å². The maximum absolute atomic E-state index is 14.4. The van der Waals surface area contributed by atoms with Crippen molar-refractivity contribution in [3.8, 4) is 0 Å². The Morgan fingerprint density at radius 1 is 0.884 bits per heavy atom. The third-order valence-corrected chi connectivity index (χ3v) is 9.17. The van der Waals surface area contributed by atoms with Crippen LogP contribution in [-0.2, 0) is 16.0 Å². The van der Waals surface area contributed by atoms with Gasteiger partial charge in [-0.25, -0.2) is 4.39 Å². The van der Waals surface area contributed by atoms with E-state index in [1.165, 1.54) is 0 Å². The molecule has 1 N–H and O–H groups in total. The molecule has 43 heavy (non-hydrogen) atoms. The number of alkyl halides is 3. The largest absolute Gasteiger partial charge is 0.435 e. The van der Waals surface area contributed by atoms with Gasteiger partial charge in [-0.15, -0.1) is 0 Å². The fourth-order valence-corrected chi connectivity index (χ4v) is 7.02. The predicted molar refractivity (Wildman–Crippen MR) is 161 cm³/mol. The Morgan fingerprint density at radius 3 is 1.95 bits per heavy atom. The number of halogens is 7. The Balaban J connectivity index is 1.24. The molecule has 2 heterocycles. The zero-order valence-corrected chi connectivity index (χ0v) is 25.4. The summed E-state index contributed by atoms with van der Waals surface area (Å²) in [4.78, 5) is 7.23. The summed E-state index contributed by atoms with van der Waals surface area (Å²) >= 11 is 15.1. The molecule has 0 amide bonds. The van der Waals surface area contributed by atoms with E-state index in [0.717, 1.165) is 23.3 Å². The molecule has 0 spiro atoms. The summed E-state index contributed by atoms with van der Waals surface area (Å²) < 4.78 is 57.8. The minimum atomic E-state index is -4.92. The van der Waals surface area contributed by atoms with Crippen molar-refractivity contribution >= 4 is 44.8 Å². The van der Waals surface area contributed by atoms with Crippen LogP contribution in [0.25, 0.3) is 0 Å². The molecule has 4 aromatic rings. The molecule has 1 saturated heterocycles. The van der Waals surface area contributed by atoms with Crippen LogP contribution < -0.4 is 0 Å². The number of β-amino-alcohol motifs (C(OH)–C–C–N with tert-alkyl or cyclic N) is 1. The molecule has 222 valence electrons. The summed E-state index contributed by atoms with van der Waals surface area (Å²) in [6.07, 6.45) is -5.60. The van der Waals surface area contributed by atoms with Crippen LogP contribution in [0, 0.1) is 5.82 Å². The molecule has 0 aromatic heterocycles. The molecule has 2 aliphatic rings. The van der Waals surface area contributed by atoms with Crippen LogP contribution in [0.4, 0.5) is 17.6 Å². The fourth-order valence-electron chi connectivity index (χ4n) is 5.78. The van der Waals surface area contributed by atoms with E-state index in [9.17, 15) is 22.7 Å². The van der Waals surface area contributed by atoms with E-state index in [1.807, 2.05) is 36.4 Å². The van der Waals surface area contributed by atoms with Crippen molar-refractivity contribution in [1.82, 2.24) is 4.90 Å². The van der Waals surface area contributed by atoms with Crippen LogP contribution in [0.5, 0.6) is 0 Å². The zero-order chi connectivity index (χ0) is 30.6. The molecule has 4 aromatic carbocycles. The summed E-state index contributed by atoms with van der Waals surface area (Å²) in [5, 5.41) is 14.3. The first-order valence-corrected chi connectivity index (χ1v) is 14.8. The minimum absolute atomic E-state index is 0.0246. The lowest BCUT2D eigenvalue weighted by Crippen LogP contribution is -2.60. The second kappa shape index (κ2) is 11.2. The van der Waals surface area contributed by atoms with E-state index in [-0.39, 0.29) is 11.8 Å². The summed E-state index contributed by atoms with van der Waals surface area (Å²) in [7, 11) is 0. The Labute approximate surface area is 263 Å². The first-order chi connectivity index (χ1) is 20.4. The Morgan fingerprint density at radius 2 is 1.44 bits per heavy atom. The van der Waals surface area contributed by atoms with Gasteiger partial charge in [-0.05, 0) is 29.3 Å². The van der Waals surface area contributed by atoms with E-state index < -0.39 is 45.2 Å². The van der Waals surface area contributed by atoms with Crippen LogP contribution in [0.2, 0.25) is 10.0 Å². The second-order valence-electron chi connectivity index (χ2n) is 10.7. The lowest BCUT2D eigenvalue weighted by Gasteiger charge is -2.51. The molecule has 1 unspecified atom stereocenters. The monoisotopic (exact) mass is 692 g/mol. The van der Waals surface area contributed by atoms with Crippen LogP contribution >= 0.6 is 39.1 Å². The number of hydrogen-bond donors (Lipinski definition) is 1. The quantitative estimate of drug-likeness (QED) is 0.162. The summed E-state index contributed by atoms with van der Waals surface area (Å²) in [6, 6.07) is 26.6. The van der Waals surface area contributed by atoms with Crippen LogP contribution in [0.1, 0.15) is 40.3 Å². The molecule has 0 saturated carbocycles. The van der Waals surface area contributed by atoms with Crippen molar-refractivity contribution in [2.45, 2.75) is 29.8 Å². The number of benzene rings is 4. The van der Waals surface area contributed by atoms with Crippen molar-refractivity contribution in [3.05, 3.63) is 139 Å². The van der Waals surface area contributed by atoms with E-state index in [0.29, 0.717) is 28.7 Å². The van der Waals surface area contributed by atoms with Gasteiger partial charge in [-0.2, -0.15) is 13.2 Å². The van der Waals surface area contributed by atoms with E-state index in [2.05, 4.69) is 50.3 Å². The van der Waals surface area contributed by atoms with Gasteiger partial charge in [0.05, 0.1) is 21.8 Å². The number of hydrogen-bond acceptors (Lipinski definition) is 4. The number of nitrogens with zero attached hydrogens (tertiary/aromatic N) is 2. The highest BCUT2D eigenvalue weighted by atomic mass is 79.9. The number of rotatable bonds is 6. The van der Waals surface area contributed by atoms with Crippen molar-refractivity contribution in [1.29, 1.82) is 0 Å². The average molecular weight is 694 g/mol. The van der Waals surface area contributed by atoms with Crippen LogP contribution in [0.3, 0.4) is 0 Å². The summed E-state index contributed by atoms with van der Waals surface area (Å²) in [5.41, 5.74) is -1.35. The highest BCUT2D eigenvalue weighted by Crippen LogP contribution is 2.50. The van der Waals surface area contributed by atoms with Crippen molar-refractivity contribution in [3.63, 3.8) is 0 Å². The van der Waals surface area contributed by atoms with E-state index >= 15 is 0 Å². The van der Waals surface area contributed by atoms with Gasteiger partial charge in [0.25, 0.3) is 5.60 Å². The predicted octanol–water partition coefficient (Wildman–Crippen LogP) is 8.77. The zero-order valence-electron chi connectivity index (χ0n) is 22.3. The maximum atomic E-state index is 14.4. The van der Waals surface area contributed by atoms with E-state index in [4.69, 9.17) is 28.0 Å². The average Bonchev–Trinajstić information content (AvgIpc) is 3.43. The van der Waals surface area contributed by atoms with Gasteiger partial charge in [0.15, 0.2) is 5.82 Å². The standard InChI is InChI=1S/C32H23BrCl2F4N2O2/c33-24-13-21(27-16-31(43-40-27,32(37,38)39)22-14-25(34)28(36)26(35)15-22)11-12-23(24)30(42)17-41(18-30)29(19-7-3-1-4-8-19)20-9-5-2-6-10-20/h1-15,29,42H,16-18H2. The van der Waals surface area contributed by atoms with Crippen LogP contribution in [0.15, 0.2) is 101 Å². The van der Waals surface area contributed by atoms with Gasteiger partial charge in [-0.3, -0.25) is 4.90 Å². The van der Waals surface area contributed by atoms with Crippen LogP contribution in [-0.4, -0.2) is 35.0 Å². The highest BCUT2D eigenvalue weighted by molar-refractivity contribution is 9.10. The first kappa shape index (κ1) is 30.1. The fraction of sp³-hybridized carbons (Fsp3) is 0.219. The Bertz CT molecular complexity index is 1640. The summed E-state index contributed by atoms with van der Waals surface area (Å²) in [6.45, 7) is 0.680. The van der Waals surface area contributed by atoms with Gasteiger partial charge in [-0.1, -0.05) is 117 Å². The normalized spacial score (nSPS) is 20.1.